The first kappa shape index (κ1) is 21.5. The SMILES string of the molecule is CN(C)c1ccc(NC(=O)Nc2ccc(F)c(F)c2)cc1C(=O)NC1CCCCC1. The van der Waals surface area contributed by atoms with Crippen molar-refractivity contribution < 1.29 is 18.4 Å². The lowest BCUT2D eigenvalue weighted by Crippen LogP contribution is -2.36. The lowest BCUT2D eigenvalue weighted by Gasteiger charge is -2.24. The van der Waals surface area contributed by atoms with Gasteiger partial charge in [-0.25, -0.2) is 13.6 Å². The topological polar surface area (TPSA) is 73.5 Å². The predicted molar refractivity (Wildman–Crippen MR) is 114 cm³/mol. The maximum absolute atomic E-state index is 13.3. The summed E-state index contributed by atoms with van der Waals surface area (Å²) < 4.78 is 26.3. The summed E-state index contributed by atoms with van der Waals surface area (Å²) in [4.78, 5) is 27.0. The fraction of sp³-hybridized carbons (Fsp3) is 0.364. The van der Waals surface area contributed by atoms with Crippen LogP contribution < -0.4 is 20.9 Å². The summed E-state index contributed by atoms with van der Waals surface area (Å²) in [6.45, 7) is 0. The average Bonchev–Trinajstić information content (AvgIpc) is 2.71. The summed E-state index contributed by atoms with van der Waals surface area (Å²) in [6, 6.07) is 7.67. The van der Waals surface area contributed by atoms with Gasteiger partial charge in [-0.1, -0.05) is 19.3 Å². The first-order valence-corrected chi connectivity index (χ1v) is 9.99. The van der Waals surface area contributed by atoms with E-state index in [4.69, 9.17) is 0 Å². The van der Waals surface area contributed by atoms with Gasteiger partial charge in [0.15, 0.2) is 11.6 Å². The van der Waals surface area contributed by atoms with E-state index in [-0.39, 0.29) is 17.6 Å². The highest BCUT2D eigenvalue weighted by Gasteiger charge is 2.20. The van der Waals surface area contributed by atoms with E-state index >= 15 is 0 Å². The van der Waals surface area contributed by atoms with Gasteiger partial charge in [-0.3, -0.25) is 4.79 Å². The zero-order valence-corrected chi connectivity index (χ0v) is 17.1. The van der Waals surface area contributed by atoms with Crippen LogP contribution in [-0.2, 0) is 0 Å². The van der Waals surface area contributed by atoms with Gasteiger partial charge in [-0.2, -0.15) is 0 Å². The van der Waals surface area contributed by atoms with Gasteiger partial charge in [0.05, 0.1) is 5.56 Å². The second-order valence-electron chi connectivity index (χ2n) is 7.64. The van der Waals surface area contributed by atoms with Crippen molar-refractivity contribution in [2.75, 3.05) is 29.6 Å². The predicted octanol–water partition coefficient (Wildman–Crippen LogP) is 4.74. The van der Waals surface area contributed by atoms with Crippen molar-refractivity contribution in [2.45, 2.75) is 38.1 Å². The van der Waals surface area contributed by atoms with Crippen LogP contribution in [0.15, 0.2) is 36.4 Å². The van der Waals surface area contributed by atoms with Crippen molar-refractivity contribution in [3.8, 4) is 0 Å². The molecule has 0 unspecified atom stereocenters. The lowest BCUT2D eigenvalue weighted by atomic mass is 9.95. The number of carbonyl (C=O) groups excluding carboxylic acids is 2. The van der Waals surface area contributed by atoms with Crippen molar-refractivity contribution in [2.24, 2.45) is 0 Å². The Morgan fingerprint density at radius 3 is 2.17 bits per heavy atom. The second-order valence-corrected chi connectivity index (χ2v) is 7.64. The second kappa shape index (κ2) is 9.56. The molecule has 0 heterocycles. The van der Waals surface area contributed by atoms with Crippen molar-refractivity contribution in [3.63, 3.8) is 0 Å². The van der Waals surface area contributed by atoms with E-state index in [0.717, 1.165) is 43.5 Å². The molecule has 0 aliphatic heterocycles. The van der Waals surface area contributed by atoms with E-state index in [0.29, 0.717) is 11.3 Å². The van der Waals surface area contributed by atoms with Crippen molar-refractivity contribution in [3.05, 3.63) is 53.6 Å². The third kappa shape index (κ3) is 5.46. The van der Waals surface area contributed by atoms with Gasteiger partial charge < -0.3 is 20.9 Å². The first-order valence-electron chi connectivity index (χ1n) is 9.99. The minimum Gasteiger partial charge on any atom is -0.377 e. The zero-order chi connectivity index (χ0) is 21.7. The number of hydrogen-bond acceptors (Lipinski definition) is 3. The van der Waals surface area contributed by atoms with Crippen molar-refractivity contribution in [1.29, 1.82) is 0 Å². The molecule has 3 N–H and O–H groups in total. The van der Waals surface area contributed by atoms with Crippen LogP contribution in [0.25, 0.3) is 0 Å². The van der Waals surface area contributed by atoms with Crippen LogP contribution >= 0.6 is 0 Å². The van der Waals surface area contributed by atoms with Crippen LogP contribution in [0.3, 0.4) is 0 Å². The molecule has 1 saturated carbocycles. The quantitative estimate of drug-likeness (QED) is 0.659. The minimum atomic E-state index is -1.05. The molecular formula is C22H26F2N4O2. The maximum atomic E-state index is 13.3. The summed E-state index contributed by atoms with van der Waals surface area (Å²) in [5, 5.41) is 8.16. The number of nitrogens with zero attached hydrogens (tertiary/aromatic N) is 1. The molecule has 8 heteroatoms. The number of halogens is 2. The summed E-state index contributed by atoms with van der Waals surface area (Å²) in [5.41, 5.74) is 1.71. The summed E-state index contributed by atoms with van der Waals surface area (Å²) in [6.07, 6.45) is 5.35. The van der Waals surface area contributed by atoms with Gasteiger partial charge in [-0.15, -0.1) is 0 Å². The molecule has 0 radical (unpaired) electrons. The molecule has 3 amide bonds. The number of benzene rings is 2. The number of amides is 3. The summed E-state index contributed by atoms with van der Waals surface area (Å²) >= 11 is 0. The number of hydrogen-bond donors (Lipinski definition) is 3. The Hall–Kier alpha value is -3.16. The van der Waals surface area contributed by atoms with Gasteiger partial charge in [0, 0.05) is 43.3 Å². The molecule has 0 bridgehead atoms. The lowest BCUT2D eigenvalue weighted by molar-refractivity contribution is 0.0928. The van der Waals surface area contributed by atoms with E-state index in [2.05, 4.69) is 16.0 Å². The number of rotatable bonds is 5. The highest BCUT2D eigenvalue weighted by molar-refractivity contribution is 6.04. The Balaban J connectivity index is 1.73. The largest absolute Gasteiger partial charge is 0.377 e. The van der Waals surface area contributed by atoms with Crippen LogP contribution in [0.1, 0.15) is 42.5 Å². The summed E-state index contributed by atoms with van der Waals surface area (Å²) in [7, 11) is 3.69. The molecule has 2 aromatic carbocycles. The van der Waals surface area contributed by atoms with Crippen LogP contribution in [0, 0.1) is 11.6 Å². The number of anilines is 3. The molecule has 0 atom stereocenters. The number of nitrogens with one attached hydrogen (secondary N) is 3. The van der Waals surface area contributed by atoms with E-state index in [1.165, 1.54) is 12.5 Å². The highest BCUT2D eigenvalue weighted by atomic mass is 19.2. The van der Waals surface area contributed by atoms with Crippen LogP contribution in [-0.4, -0.2) is 32.1 Å². The Labute approximate surface area is 174 Å². The smallest absolute Gasteiger partial charge is 0.323 e. The molecule has 160 valence electrons. The van der Waals surface area contributed by atoms with Gasteiger partial charge in [0.25, 0.3) is 5.91 Å². The number of urea groups is 1. The van der Waals surface area contributed by atoms with E-state index in [1.54, 1.807) is 18.2 Å². The van der Waals surface area contributed by atoms with Gasteiger partial charge in [0.1, 0.15) is 0 Å². The molecular weight excluding hydrogens is 390 g/mol. The standard InChI is InChI=1S/C22H26F2N4O2/c1-28(2)20-11-9-15(12-17(20)21(29)25-14-6-4-3-5-7-14)26-22(30)27-16-8-10-18(23)19(24)13-16/h8-14H,3-7H2,1-2H3,(H,25,29)(H2,26,27,30). The van der Waals surface area contributed by atoms with Crippen LogP contribution in [0.2, 0.25) is 0 Å². The van der Waals surface area contributed by atoms with Crippen LogP contribution in [0.4, 0.5) is 30.6 Å². The maximum Gasteiger partial charge on any atom is 0.323 e. The Morgan fingerprint density at radius 1 is 0.900 bits per heavy atom. The van der Waals surface area contributed by atoms with Crippen molar-refractivity contribution >= 4 is 29.0 Å². The average molecular weight is 416 g/mol. The van der Waals surface area contributed by atoms with Gasteiger partial charge >= 0.3 is 6.03 Å². The van der Waals surface area contributed by atoms with E-state index < -0.39 is 17.7 Å². The fourth-order valence-corrected chi connectivity index (χ4v) is 3.56. The monoisotopic (exact) mass is 416 g/mol. The molecule has 3 rings (SSSR count). The molecule has 1 fully saturated rings. The highest BCUT2D eigenvalue weighted by Crippen LogP contribution is 2.25. The first-order chi connectivity index (χ1) is 14.3. The van der Waals surface area contributed by atoms with E-state index in [1.807, 2.05) is 19.0 Å². The fourth-order valence-electron chi connectivity index (χ4n) is 3.56. The molecule has 1 aliphatic carbocycles. The van der Waals surface area contributed by atoms with E-state index in [9.17, 15) is 18.4 Å². The Morgan fingerprint density at radius 2 is 1.53 bits per heavy atom. The Bertz CT molecular complexity index is 927. The molecule has 0 spiro atoms. The normalized spacial score (nSPS) is 14.1. The zero-order valence-electron chi connectivity index (χ0n) is 17.1. The molecule has 0 saturated heterocycles. The molecule has 6 nitrogen and oxygen atoms in total. The molecule has 0 aromatic heterocycles. The Kier molecular flexibility index (Phi) is 6.87. The number of carbonyl (C=O) groups is 2. The summed E-state index contributed by atoms with van der Waals surface area (Å²) in [5.74, 6) is -2.23. The molecule has 2 aromatic rings. The third-order valence-electron chi connectivity index (χ3n) is 5.10. The third-order valence-corrected chi connectivity index (χ3v) is 5.10. The van der Waals surface area contributed by atoms with Crippen molar-refractivity contribution in [1.82, 2.24) is 5.32 Å². The molecule has 1 aliphatic rings. The molecule has 30 heavy (non-hydrogen) atoms. The minimum absolute atomic E-state index is 0.117. The van der Waals surface area contributed by atoms with Gasteiger partial charge in [0.2, 0.25) is 0 Å². The van der Waals surface area contributed by atoms with Gasteiger partial charge in [-0.05, 0) is 43.2 Å². The van der Waals surface area contributed by atoms with Crippen LogP contribution in [0.5, 0.6) is 0 Å².